The SMILES string of the molecule is Cc1ccccc1C(C)Nc1cccc(CO)c1. The van der Waals surface area contributed by atoms with E-state index in [0.717, 1.165) is 11.3 Å². The number of rotatable bonds is 4. The Balaban J connectivity index is 2.16. The summed E-state index contributed by atoms with van der Waals surface area (Å²) in [5.74, 6) is 0. The predicted molar refractivity (Wildman–Crippen MR) is 75.6 cm³/mol. The van der Waals surface area contributed by atoms with E-state index in [2.05, 4.69) is 43.4 Å². The summed E-state index contributed by atoms with van der Waals surface area (Å²) in [5, 5.41) is 12.6. The van der Waals surface area contributed by atoms with Crippen molar-refractivity contribution in [3.8, 4) is 0 Å². The lowest BCUT2D eigenvalue weighted by atomic mass is 10.0. The summed E-state index contributed by atoms with van der Waals surface area (Å²) in [6.07, 6.45) is 0. The molecule has 2 aromatic carbocycles. The lowest BCUT2D eigenvalue weighted by Crippen LogP contribution is -2.08. The molecule has 0 heterocycles. The smallest absolute Gasteiger partial charge is 0.0682 e. The largest absolute Gasteiger partial charge is 0.392 e. The summed E-state index contributed by atoms with van der Waals surface area (Å²) in [7, 11) is 0. The van der Waals surface area contributed by atoms with Crippen LogP contribution in [-0.4, -0.2) is 5.11 Å². The molecule has 0 aromatic heterocycles. The Kier molecular flexibility index (Phi) is 4.00. The number of anilines is 1. The summed E-state index contributed by atoms with van der Waals surface area (Å²) in [4.78, 5) is 0. The van der Waals surface area contributed by atoms with Gasteiger partial charge in [-0.15, -0.1) is 0 Å². The Bertz CT molecular complexity index is 522. The second kappa shape index (κ2) is 5.69. The second-order valence-electron chi connectivity index (χ2n) is 4.58. The third-order valence-electron chi connectivity index (χ3n) is 3.15. The molecule has 0 fully saturated rings. The predicted octanol–water partition coefficient (Wildman–Crippen LogP) is 3.66. The molecule has 0 aliphatic heterocycles. The summed E-state index contributed by atoms with van der Waals surface area (Å²) in [6, 6.07) is 16.5. The van der Waals surface area contributed by atoms with E-state index in [4.69, 9.17) is 5.11 Å². The van der Waals surface area contributed by atoms with E-state index in [1.165, 1.54) is 11.1 Å². The number of hydrogen-bond donors (Lipinski definition) is 2. The first kappa shape index (κ1) is 12.7. The van der Waals surface area contributed by atoms with Gasteiger partial charge in [0.1, 0.15) is 0 Å². The van der Waals surface area contributed by atoms with Crippen molar-refractivity contribution in [3.05, 3.63) is 65.2 Å². The maximum atomic E-state index is 9.13. The first-order valence-electron chi connectivity index (χ1n) is 6.22. The molecule has 2 rings (SSSR count). The van der Waals surface area contributed by atoms with Gasteiger partial charge in [-0.05, 0) is 42.7 Å². The summed E-state index contributed by atoms with van der Waals surface area (Å²) in [5.41, 5.74) is 4.55. The molecule has 2 aromatic rings. The van der Waals surface area contributed by atoms with Crippen LogP contribution in [0.1, 0.15) is 29.7 Å². The minimum Gasteiger partial charge on any atom is -0.392 e. The zero-order valence-corrected chi connectivity index (χ0v) is 10.9. The van der Waals surface area contributed by atoms with Gasteiger partial charge in [0.25, 0.3) is 0 Å². The molecule has 1 atom stereocenters. The number of aliphatic hydroxyl groups excluding tert-OH is 1. The summed E-state index contributed by atoms with van der Waals surface area (Å²) in [6.45, 7) is 4.35. The zero-order valence-electron chi connectivity index (χ0n) is 10.9. The Hall–Kier alpha value is -1.80. The van der Waals surface area contributed by atoms with Crippen molar-refractivity contribution < 1.29 is 5.11 Å². The minimum atomic E-state index is 0.0776. The van der Waals surface area contributed by atoms with Gasteiger partial charge in [-0.1, -0.05) is 36.4 Å². The van der Waals surface area contributed by atoms with Crippen molar-refractivity contribution in [2.45, 2.75) is 26.5 Å². The monoisotopic (exact) mass is 241 g/mol. The van der Waals surface area contributed by atoms with Crippen LogP contribution in [0.2, 0.25) is 0 Å². The van der Waals surface area contributed by atoms with Gasteiger partial charge in [0.2, 0.25) is 0 Å². The molecule has 0 spiro atoms. The summed E-state index contributed by atoms with van der Waals surface area (Å²) < 4.78 is 0. The maximum absolute atomic E-state index is 9.13. The van der Waals surface area contributed by atoms with Crippen LogP contribution in [0.25, 0.3) is 0 Å². The first-order chi connectivity index (χ1) is 8.70. The number of hydrogen-bond acceptors (Lipinski definition) is 2. The highest BCUT2D eigenvalue weighted by molar-refractivity contribution is 5.48. The van der Waals surface area contributed by atoms with Crippen molar-refractivity contribution in [1.29, 1.82) is 0 Å². The highest BCUT2D eigenvalue weighted by Gasteiger charge is 2.07. The average Bonchev–Trinajstić information content (AvgIpc) is 2.39. The highest BCUT2D eigenvalue weighted by atomic mass is 16.3. The van der Waals surface area contributed by atoms with Crippen LogP contribution in [0.4, 0.5) is 5.69 Å². The van der Waals surface area contributed by atoms with Crippen molar-refractivity contribution >= 4 is 5.69 Å². The van der Waals surface area contributed by atoms with Crippen LogP contribution < -0.4 is 5.32 Å². The van der Waals surface area contributed by atoms with Crippen LogP contribution in [0.5, 0.6) is 0 Å². The van der Waals surface area contributed by atoms with Gasteiger partial charge in [-0.25, -0.2) is 0 Å². The molecule has 2 nitrogen and oxygen atoms in total. The van der Waals surface area contributed by atoms with Gasteiger partial charge >= 0.3 is 0 Å². The molecule has 0 saturated carbocycles. The molecule has 0 aliphatic carbocycles. The molecule has 0 bridgehead atoms. The highest BCUT2D eigenvalue weighted by Crippen LogP contribution is 2.22. The van der Waals surface area contributed by atoms with E-state index in [1.54, 1.807) is 0 Å². The topological polar surface area (TPSA) is 32.3 Å². The zero-order chi connectivity index (χ0) is 13.0. The molecule has 0 saturated heterocycles. The Labute approximate surface area is 108 Å². The Morgan fingerprint density at radius 2 is 1.89 bits per heavy atom. The van der Waals surface area contributed by atoms with E-state index < -0.39 is 0 Å². The van der Waals surface area contributed by atoms with E-state index in [-0.39, 0.29) is 12.6 Å². The van der Waals surface area contributed by atoms with Crippen LogP contribution >= 0.6 is 0 Å². The molecule has 1 unspecified atom stereocenters. The van der Waals surface area contributed by atoms with Gasteiger partial charge in [0.15, 0.2) is 0 Å². The lowest BCUT2D eigenvalue weighted by Gasteiger charge is -2.18. The fourth-order valence-corrected chi connectivity index (χ4v) is 2.16. The fourth-order valence-electron chi connectivity index (χ4n) is 2.16. The molecule has 2 heteroatoms. The van der Waals surface area contributed by atoms with E-state index in [1.807, 2.05) is 24.3 Å². The van der Waals surface area contributed by atoms with Gasteiger partial charge in [-0.2, -0.15) is 0 Å². The van der Waals surface area contributed by atoms with Crippen LogP contribution in [0.15, 0.2) is 48.5 Å². The fraction of sp³-hybridized carbons (Fsp3) is 0.250. The number of aliphatic hydroxyl groups is 1. The average molecular weight is 241 g/mol. The molecule has 18 heavy (non-hydrogen) atoms. The van der Waals surface area contributed by atoms with Crippen molar-refractivity contribution in [3.63, 3.8) is 0 Å². The van der Waals surface area contributed by atoms with Crippen LogP contribution in [0.3, 0.4) is 0 Å². The van der Waals surface area contributed by atoms with Gasteiger partial charge in [0.05, 0.1) is 6.61 Å². The first-order valence-corrected chi connectivity index (χ1v) is 6.22. The quantitative estimate of drug-likeness (QED) is 0.856. The van der Waals surface area contributed by atoms with E-state index >= 15 is 0 Å². The number of benzene rings is 2. The molecule has 94 valence electrons. The molecular weight excluding hydrogens is 222 g/mol. The van der Waals surface area contributed by atoms with Crippen LogP contribution in [0, 0.1) is 6.92 Å². The third kappa shape index (κ3) is 2.90. The second-order valence-corrected chi connectivity index (χ2v) is 4.58. The molecule has 2 N–H and O–H groups in total. The van der Waals surface area contributed by atoms with Gasteiger partial charge in [-0.3, -0.25) is 0 Å². The lowest BCUT2D eigenvalue weighted by molar-refractivity contribution is 0.282. The number of nitrogens with one attached hydrogen (secondary N) is 1. The van der Waals surface area contributed by atoms with Crippen molar-refractivity contribution in [2.24, 2.45) is 0 Å². The Morgan fingerprint density at radius 3 is 2.61 bits per heavy atom. The van der Waals surface area contributed by atoms with Crippen LogP contribution in [-0.2, 0) is 6.61 Å². The Morgan fingerprint density at radius 1 is 1.11 bits per heavy atom. The molecule has 0 radical (unpaired) electrons. The van der Waals surface area contributed by atoms with Gasteiger partial charge < -0.3 is 10.4 Å². The van der Waals surface area contributed by atoms with E-state index in [9.17, 15) is 0 Å². The third-order valence-corrected chi connectivity index (χ3v) is 3.15. The normalized spacial score (nSPS) is 12.2. The molecular formula is C16H19NO. The standard InChI is InChI=1S/C16H19NO/c1-12-6-3-4-9-16(12)13(2)17-15-8-5-7-14(10-15)11-18/h3-10,13,17-18H,11H2,1-2H3. The molecule has 0 amide bonds. The molecule has 0 aliphatic rings. The van der Waals surface area contributed by atoms with Gasteiger partial charge in [0, 0.05) is 11.7 Å². The van der Waals surface area contributed by atoms with E-state index in [0.29, 0.717) is 0 Å². The minimum absolute atomic E-state index is 0.0776. The number of aryl methyl sites for hydroxylation is 1. The summed E-state index contributed by atoms with van der Waals surface area (Å²) >= 11 is 0. The van der Waals surface area contributed by atoms with Crippen molar-refractivity contribution in [1.82, 2.24) is 0 Å². The van der Waals surface area contributed by atoms with Crippen molar-refractivity contribution in [2.75, 3.05) is 5.32 Å². The maximum Gasteiger partial charge on any atom is 0.0682 e.